The van der Waals surface area contributed by atoms with Crippen molar-refractivity contribution in [3.05, 3.63) is 59.1 Å². The molecule has 1 aromatic carbocycles. The van der Waals surface area contributed by atoms with Crippen LogP contribution in [0.3, 0.4) is 0 Å². The van der Waals surface area contributed by atoms with Gasteiger partial charge in [0.1, 0.15) is 5.69 Å². The van der Waals surface area contributed by atoms with Gasteiger partial charge in [0, 0.05) is 17.4 Å². The van der Waals surface area contributed by atoms with E-state index in [9.17, 15) is 4.79 Å². The summed E-state index contributed by atoms with van der Waals surface area (Å²) in [4.78, 5) is 19.9. The van der Waals surface area contributed by atoms with Crippen molar-refractivity contribution in [1.29, 1.82) is 0 Å². The lowest BCUT2D eigenvalue weighted by Gasteiger charge is -2.26. The first-order chi connectivity index (χ1) is 8.99. The molecule has 0 radical (unpaired) electrons. The number of nitrogens with zero attached hydrogens (tertiary/aromatic N) is 2. The zero-order chi connectivity index (χ0) is 13.9. The van der Waals surface area contributed by atoms with Crippen molar-refractivity contribution >= 4 is 17.5 Å². The molecule has 1 heterocycles. The minimum atomic E-state index is -0.515. The Balaban J connectivity index is 2.17. The summed E-state index contributed by atoms with van der Waals surface area (Å²) in [6.45, 7) is 3.84. The molecule has 2 aromatic rings. The minimum absolute atomic E-state index is 0.256. The summed E-state index contributed by atoms with van der Waals surface area (Å²) >= 11 is 5.86. The van der Waals surface area contributed by atoms with E-state index in [-0.39, 0.29) is 5.91 Å². The topological polar surface area (TPSA) is 54.9 Å². The molecule has 0 aliphatic carbocycles. The van der Waals surface area contributed by atoms with Crippen LogP contribution in [0.2, 0.25) is 5.02 Å². The quantitative estimate of drug-likeness (QED) is 0.937. The average Bonchev–Trinajstić information content (AvgIpc) is 2.40. The van der Waals surface area contributed by atoms with Crippen LogP contribution in [0, 0.1) is 0 Å². The highest BCUT2D eigenvalue weighted by molar-refractivity contribution is 6.30. The molecular formula is C14H14ClN3O. The van der Waals surface area contributed by atoms with Crippen molar-refractivity contribution in [2.75, 3.05) is 0 Å². The van der Waals surface area contributed by atoms with Gasteiger partial charge in [0.2, 0.25) is 0 Å². The fourth-order valence-electron chi connectivity index (χ4n) is 1.70. The Morgan fingerprint density at radius 2 is 1.89 bits per heavy atom. The Kier molecular flexibility index (Phi) is 3.81. The maximum absolute atomic E-state index is 12.1. The van der Waals surface area contributed by atoms with Gasteiger partial charge in [-0.25, -0.2) is 4.98 Å². The van der Waals surface area contributed by atoms with Crippen molar-refractivity contribution in [2.45, 2.75) is 19.4 Å². The van der Waals surface area contributed by atoms with Crippen LogP contribution in [-0.2, 0) is 5.54 Å². The van der Waals surface area contributed by atoms with Gasteiger partial charge in [-0.1, -0.05) is 23.7 Å². The second-order valence-corrected chi connectivity index (χ2v) is 5.11. The Morgan fingerprint density at radius 1 is 1.21 bits per heavy atom. The monoisotopic (exact) mass is 275 g/mol. The highest BCUT2D eigenvalue weighted by Gasteiger charge is 2.23. The summed E-state index contributed by atoms with van der Waals surface area (Å²) in [5, 5.41) is 3.59. The number of benzene rings is 1. The third-order valence-electron chi connectivity index (χ3n) is 2.79. The molecule has 0 atom stereocenters. The number of hydrogen-bond donors (Lipinski definition) is 1. The van der Waals surface area contributed by atoms with Gasteiger partial charge in [0.05, 0.1) is 11.7 Å². The molecule has 1 N–H and O–H groups in total. The molecule has 0 bridgehead atoms. The van der Waals surface area contributed by atoms with E-state index in [1.165, 1.54) is 18.6 Å². The first-order valence-corrected chi connectivity index (χ1v) is 6.21. The molecule has 0 fully saturated rings. The zero-order valence-corrected chi connectivity index (χ0v) is 11.5. The molecule has 0 saturated heterocycles. The molecule has 0 aliphatic heterocycles. The first-order valence-electron chi connectivity index (χ1n) is 5.83. The zero-order valence-electron chi connectivity index (χ0n) is 10.7. The number of hydrogen-bond acceptors (Lipinski definition) is 3. The smallest absolute Gasteiger partial charge is 0.272 e. The van der Waals surface area contributed by atoms with E-state index < -0.39 is 5.54 Å². The van der Waals surface area contributed by atoms with Gasteiger partial charge in [0.15, 0.2) is 0 Å². The van der Waals surface area contributed by atoms with Crippen molar-refractivity contribution in [1.82, 2.24) is 15.3 Å². The summed E-state index contributed by atoms with van der Waals surface area (Å²) in [6.07, 6.45) is 4.46. The lowest BCUT2D eigenvalue weighted by atomic mass is 9.94. The molecule has 2 rings (SSSR count). The summed E-state index contributed by atoms with van der Waals surface area (Å²) in [7, 11) is 0. The molecule has 1 amide bonds. The third kappa shape index (κ3) is 3.29. The van der Waals surface area contributed by atoms with Crippen molar-refractivity contribution in [3.8, 4) is 0 Å². The molecule has 5 heteroatoms. The van der Waals surface area contributed by atoms with Gasteiger partial charge in [0.25, 0.3) is 5.91 Å². The van der Waals surface area contributed by atoms with Crippen molar-refractivity contribution in [2.24, 2.45) is 0 Å². The Morgan fingerprint density at radius 3 is 2.47 bits per heavy atom. The van der Waals surface area contributed by atoms with E-state index >= 15 is 0 Å². The maximum Gasteiger partial charge on any atom is 0.272 e. The van der Waals surface area contributed by atoms with Crippen LogP contribution >= 0.6 is 11.6 Å². The molecule has 19 heavy (non-hydrogen) atoms. The molecule has 0 aliphatic rings. The van der Waals surface area contributed by atoms with Crippen LogP contribution < -0.4 is 5.32 Å². The molecule has 0 spiro atoms. The average molecular weight is 276 g/mol. The Hall–Kier alpha value is -1.94. The first kappa shape index (κ1) is 13.5. The van der Waals surface area contributed by atoms with Gasteiger partial charge >= 0.3 is 0 Å². The molecule has 4 nitrogen and oxygen atoms in total. The fourth-order valence-corrected chi connectivity index (χ4v) is 1.83. The van der Waals surface area contributed by atoms with E-state index in [1.54, 1.807) is 12.1 Å². The standard InChI is InChI=1S/C14H14ClN3O/c1-14(2,10-3-5-11(15)6-4-10)18-13(19)12-9-16-7-8-17-12/h3-9H,1-2H3,(H,18,19). The third-order valence-corrected chi connectivity index (χ3v) is 3.04. The largest absolute Gasteiger partial charge is 0.342 e. The Labute approximate surface area is 116 Å². The van der Waals surface area contributed by atoms with E-state index in [4.69, 9.17) is 11.6 Å². The number of aromatic nitrogens is 2. The molecule has 1 aromatic heterocycles. The van der Waals surface area contributed by atoms with Gasteiger partial charge in [-0.05, 0) is 31.5 Å². The van der Waals surface area contributed by atoms with Gasteiger partial charge in [-0.3, -0.25) is 9.78 Å². The van der Waals surface area contributed by atoms with Crippen LogP contribution in [0.15, 0.2) is 42.9 Å². The number of carbonyl (C=O) groups is 1. The minimum Gasteiger partial charge on any atom is -0.342 e. The summed E-state index contributed by atoms with van der Waals surface area (Å²) in [6, 6.07) is 7.37. The lowest BCUT2D eigenvalue weighted by Crippen LogP contribution is -2.41. The van der Waals surface area contributed by atoms with E-state index in [1.807, 2.05) is 26.0 Å². The Bertz CT molecular complexity index is 567. The molecule has 0 unspecified atom stereocenters. The number of carbonyl (C=O) groups excluding carboxylic acids is 1. The van der Waals surface area contributed by atoms with Crippen molar-refractivity contribution < 1.29 is 4.79 Å². The second-order valence-electron chi connectivity index (χ2n) is 4.68. The number of amides is 1. The maximum atomic E-state index is 12.1. The number of halogens is 1. The van der Waals surface area contributed by atoms with Crippen LogP contribution in [-0.4, -0.2) is 15.9 Å². The molecule has 98 valence electrons. The lowest BCUT2D eigenvalue weighted by molar-refractivity contribution is 0.0906. The van der Waals surface area contributed by atoms with Gasteiger partial charge < -0.3 is 5.32 Å². The van der Waals surface area contributed by atoms with E-state index in [2.05, 4.69) is 15.3 Å². The van der Waals surface area contributed by atoms with Crippen LogP contribution in [0.5, 0.6) is 0 Å². The summed E-state index contributed by atoms with van der Waals surface area (Å²) < 4.78 is 0. The summed E-state index contributed by atoms with van der Waals surface area (Å²) in [5.41, 5.74) is 0.748. The van der Waals surface area contributed by atoms with Gasteiger partial charge in [-0.15, -0.1) is 0 Å². The van der Waals surface area contributed by atoms with Gasteiger partial charge in [-0.2, -0.15) is 0 Å². The van der Waals surface area contributed by atoms with Crippen LogP contribution in [0.1, 0.15) is 29.9 Å². The second kappa shape index (κ2) is 5.36. The van der Waals surface area contributed by atoms with E-state index in [0.29, 0.717) is 10.7 Å². The SMILES string of the molecule is CC(C)(NC(=O)c1cnccn1)c1ccc(Cl)cc1. The predicted octanol–water partition coefficient (Wildman–Crippen LogP) is 2.80. The highest BCUT2D eigenvalue weighted by Crippen LogP contribution is 2.22. The highest BCUT2D eigenvalue weighted by atomic mass is 35.5. The fraction of sp³-hybridized carbons (Fsp3) is 0.214. The van der Waals surface area contributed by atoms with Crippen LogP contribution in [0.25, 0.3) is 0 Å². The van der Waals surface area contributed by atoms with E-state index in [0.717, 1.165) is 5.56 Å². The normalized spacial score (nSPS) is 11.1. The number of nitrogens with one attached hydrogen (secondary N) is 1. The summed E-state index contributed by atoms with van der Waals surface area (Å²) in [5.74, 6) is -0.256. The molecular weight excluding hydrogens is 262 g/mol. The number of rotatable bonds is 3. The molecule has 0 saturated carbocycles. The predicted molar refractivity (Wildman–Crippen MR) is 74.0 cm³/mol. The van der Waals surface area contributed by atoms with Crippen LogP contribution in [0.4, 0.5) is 0 Å². The van der Waals surface area contributed by atoms with Crippen molar-refractivity contribution in [3.63, 3.8) is 0 Å².